The second-order valence-electron chi connectivity index (χ2n) is 4.61. The van der Waals surface area contributed by atoms with Crippen LogP contribution in [0.1, 0.15) is 31.3 Å². The van der Waals surface area contributed by atoms with Crippen molar-refractivity contribution in [2.45, 2.75) is 39.0 Å². The predicted octanol–water partition coefficient (Wildman–Crippen LogP) is 2.65. The van der Waals surface area contributed by atoms with Crippen molar-refractivity contribution in [3.63, 3.8) is 0 Å². The monoisotopic (exact) mass is 291 g/mol. The fourth-order valence-corrected chi connectivity index (χ4v) is 2.06. The predicted molar refractivity (Wildman–Crippen MR) is 63.9 cm³/mol. The average Bonchev–Trinajstić information content (AvgIpc) is 2.81. The van der Waals surface area contributed by atoms with Gasteiger partial charge in [-0.25, -0.2) is 9.78 Å². The minimum atomic E-state index is -4.47. The molecule has 0 aromatic carbocycles. The summed E-state index contributed by atoms with van der Waals surface area (Å²) in [6, 6.07) is 0. The van der Waals surface area contributed by atoms with Crippen LogP contribution in [0, 0.1) is 0 Å². The summed E-state index contributed by atoms with van der Waals surface area (Å²) in [5.41, 5.74) is 0.371. The maximum absolute atomic E-state index is 12.7. The van der Waals surface area contributed by atoms with Crippen LogP contribution in [0.15, 0.2) is 6.20 Å². The van der Waals surface area contributed by atoms with Gasteiger partial charge in [0.1, 0.15) is 0 Å². The lowest BCUT2D eigenvalue weighted by Gasteiger charge is -2.28. The molecule has 1 aliphatic heterocycles. The second-order valence-corrected chi connectivity index (χ2v) is 4.61. The zero-order chi connectivity index (χ0) is 14.8. The SMILES string of the molecule is CCCCOC(=O)N1CCn2c(cnc2C(F)(F)F)C1. The number of alkyl halides is 3. The summed E-state index contributed by atoms with van der Waals surface area (Å²) in [6.45, 7) is 2.67. The molecule has 5 nitrogen and oxygen atoms in total. The lowest BCUT2D eigenvalue weighted by atomic mass is 10.3. The molecule has 0 unspecified atom stereocenters. The smallest absolute Gasteiger partial charge is 0.449 e. The van der Waals surface area contributed by atoms with Gasteiger partial charge in [-0.15, -0.1) is 0 Å². The molecule has 1 aliphatic rings. The number of carbonyl (C=O) groups is 1. The van der Waals surface area contributed by atoms with Gasteiger partial charge < -0.3 is 14.2 Å². The molecule has 112 valence electrons. The highest BCUT2D eigenvalue weighted by Gasteiger charge is 2.38. The molecule has 2 rings (SSSR count). The molecule has 0 fully saturated rings. The molecule has 1 aromatic heterocycles. The van der Waals surface area contributed by atoms with Gasteiger partial charge in [-0.05, 0) is 6.42 Å². The van der Waals surface area contributed by atoms with Crippen LogP contribution in [0.5, 0.6) is 0 Å². The molecule has 0 saturated heterocycles. The number of hydrogen-bond donors (Lipinski definition) is 0. The van der Waals surface area contributed by atoms with E-state index in [0.717, 1.165) is 23.6 Å². The molecule has 0 radical (unpaired) electrons. The van der Waals surface area contributed by atoms with Gasteiger partial charge in [0.15, 0.2) is 0 Å². The number of nitrogens with zero attached hydrogens (tertiary/aromatic N) is 3. The molecule has 20 heavy (non-hydrogen) atoms. The van der Waals surface area contributed by atoms with Gasteiger partial charge in [-0.3, -0.25) is 0 Å². The van der Waals surface area contributed by atoms with Crippen molar-refractivity contribution in [2.24, 2.45) is 0 Å². The number of unbranched alkanes of at least 4 members (excludes halogenated alkanes) is 1. The fourth-order valence-electron chi connectivity index (χ4n) is 2.06. The van der Waals surface area contributed by atoms with Crippen LogP contribution in [-0.4, -0.2) is 33.7 Å². The van der Waals surface area contributed by atoms with E-state index in [9.17, 15) is 18.0 Å². The number of hydrogen-bond acceptors (Lipinski definition) is 3. The zero-order valence-electron chi connectivity index (χ0n) is 11.1. The minimum Gasteiger partial charge on any atom is -0.449 e. The summed E-state index contributed by atoms with van der Waals surface area (Å²) in [6.07, 6.45) is -2.11. The van der Waals surface area contributed by atoms with Gasteiger partial charge in [0.2, 0.25) is 5.82 Å². The standard InChI is InChI=1S/C12H16F3N3O2/c1-2-3-6-20-11(19)17-4-5-18-9(8-17)7-16-10(18)12(13,14)15/h7H,2-6,8H2,1H3. The van der Waals surface area contributed by atoms with Gasteiger partial charge in [-0.1, -0.05) is 13.3 Å². The lowest BCUT2D eigenvalue weighted by Crippen LogP contribution is -2.39. The van der Waals surface area contributed by atoms with E-state index in [1.165, 1.54) is 4.90 Å². The Morgan fingerprint density at radius 1 is 1.45 bits per heavy atom. The highest BCUT2D eigenvalue weighted by Crippen LogP contribution is 2.30. The van der Waals surface area contributed by atoms with Crippen molar-refractivity contribution in [2.75, 3.05) is 13.2 Å². The number of amides is 1. The number of fused-ring (bicyclic) bond motifs is 1. The number of aromatic nitrogens is 2. The first kappa shape index (κ1) is 14.7. The third-order valence-corrected chi connectivity index (χ3v) is 3.12. The minimum absolute atomic E-state index is 0.0764. The van der Waals surface area contributed by atoms with E-state index >= 15 is 0 Å². The van der Waals surface area contributed by atoms with Gasteiger partial charge in [-0.2, -0.15) is 13.2 Å². The average molecular weight is 291 g/mol. The van der Waals surface area contributed by atoms with E-state index in [1.807, 2.05) is 6.92 Å². The lowest BCUT2D eigenvalue weighted by molar-refractivity contribution is -0.147. The summed E-state index contributed by atoms with van der Waals surface area (Å²) in [4.78, 5) is 16.5. The Morgan fingerprint density at radius 2 is 2.20 bits per heavy atom. The molecule has 1 amide bonds. The maximum Gasteiger partial charge on any atom is 0.449 e. The van der Waals surface area contributed by atoms with Gasteiger partial charge in [0.25, 0.3) is 0 Å². The summed E-state index contributed by atoms with van der Waals surface area (Å²) >= 11 is 0. The highest BCUT2D eigenvalue weighted by atomic mass is 19.4. The topological polar surface area (TPSA) is 47.4 Å². The van der Waals surface area contributed by atoms with Crippen molar-refractivity contribution in [3.05, 3.63) is 17.7 Å². The van der Waals surface area contributed by atoms with E-state index in [-0.39, 0.29) is 19.6 Å². The zero-order valence-corrected chi connectivity index (χ0v) is 11.1. The molecule has 0 atom stereocenters. The van der Waals surface area contributed by atoms with Crippen LogP contribution >= 0.6 is 0 Å². The van der Waals surface area contributed by atoms with Crippen LogP contribution in [0.4, 0.5) is 18.0 Å². The van der Waals surface area contributed by atoms with Crippen molar-refractivity contribution in [1.29, 1.82) is 0 Å². The van der Waals surface area contributed by atoms with E-state index < -0.39 is 18.1 Å². The number of imidazole rings is 1. The normalized spacial score (nSPS) is 15.1. The number of rotatable bonds is 3. The molecule has 8 heteroatoms. The number of ether oxygens (including phenoxy) is 1. The van der Waals surface area contributed by atoms with E-state index in [2.05, 4.69) is 4.98 Å². The third kappa shape index (κ3) is 3.05. The second kappa shape index (κ2) is 5.72. The van der Waals surface area contributed by atoms with E-state index in [4.69, 9.17) is 4.74 Å². The van der Waals surface area contributed by atoms with Crippen molar-refractivity contribution in [3.8, 4) is 0 Å². The van der Waals surface area contributed by atoms with Gasteiger partial charge in [0.05, 0.1) is 25.0 Å². The largest absolute Gasteiger partial charge is 0.449 e. The number of halogens is 3. The van der Waals surface area contributed by atoms with Crippen LogP contribution in [-0.2, 0) is 24.0 Å². The Bertz CT molecular complexity index is 485. The molecule has 0 spiro atoms. The Kier molecular flexibility index (Phi) is 4.20. The molecular formula is C12H16F3N3O2. The van der Waals surface area contributed by atoms with E-state index in [0.29, 0.717) is 12.3 Å². The van der Waals surface area contributed by atoms with Crippen LogP contribution in [0.3, 0.4) is 0 Å². The molecule has 0 N–H and O–H groups in total. The summed E-state index contributed by atoms with van der Waals surface area (Å²) < 4.78 is 44.2. The molecule has 0 bridgehead atoms. The Balaban J connectivity index is 2.02. The fraction of sp³-hybridized carbons (Fsp3) is 0.667. The third-order valence-electron chi connectivity index (χ3n) is 3.12. The quantitative estimate of drug-likeness (QED) is 0.804. The molecule has 0 saturated carbocycles. The van der Waals surface area contributed by atoms with E-state index in [1.54, 1.807) is 0 Å². The Labute approximate surface area is 114 Å². The Morgan fingerprint density at radius 3 is 2.85 bits per heavy atom. The summed E-state index contributed by atoms with van der Waals surface area (Å²) in [7, 11) is 0. The molecule has 0 aliphatic carbocycles. The molecule has 2 heterocycles. The van der Waals surface area contributed by atoms with Crippen LogP contribution < -0.4 is 0 Å². The molecule has 1 aromatic rings. The van der Waals surface area contributed by atoms with Crippen molar-refractivity contribution >= 4 is 6.09 Å². The van der Waals surface area contributed by atoms with Crippen LogP contribution in [0.2, 0.25) is 0 Å². The van der Waals surface area contributed by atoms with Crippen molar-refractivity contribution < 1.29 is 22.7 Å². The molecular weight excluding hydrogens is 275 g/mol. The highest BCUT2D eigenvalue weighted by molar-refractivity contribution is 5.67. The number of carbonyl (C=O) groups excluding carboxylic acids is 1. The Hall–Kier alpha value is -1.73. The summed E-state index contributed by atoms with van der Waals surface area (Å²) in [5.74, 6) is -0.911. The first-order valence-corrected chi connectivity index (χ1v) is 6.46. The maximum atomic E-state index is 12.7. The van der Waals surface area contributed by atoms with Crippen molar-refractivity contribution in [1.82, 2.24) is 14.5 Å². The van der Waals surface area contributed by atoms with Gasteiger partial charge in [0, 0.05) is 13.1 Å². The first-order valence-electron chi connectivity index (χ1n) is 6.46. The summed E-state index contributed by atoms with van der Waals surface area (Å²) in [5, 5.41) is 0. The van der Waals surface area contributed by atoms with Crippen LogP contribution in [0.25, 0.3) is 0 Å². The van der Waals surface area contributed by atoms with Gasteiger partial charge >= 0.3 is 12.3 Å². The first-order chi connectivity index (χ1) is 9.43.